The molecule has 0 aliphatic carbocycles. The zero-order chi connectivity index (χ0) is 21.3. The van der Waals surface area contributed by atoms with Gasteiger partial charge in [-0.2, -0.15) is 0 Å². The lowest BCUT2D eigenvalue weighted by molar-refractivity contribution is -0.121. The summed E-state index contributed by atoms with van der Waals surface area (Å²) in [5.41, 5.74) is 1.91. The molecule has 1 atom stereocenters. The van der Waals surface area contributed by atoms with E-state index in [9.17, 15) is 4.79 Å². The average Bonchev–Trinajstić information content (AvgIpc) is 3.15. The van der Waals surface area contributed by atoms with Crippen molar-refractivity contribution in [3.8, 4) is 5.75 Å². The zero-order valence-electron chi connectivity index (χ0n) is 18.4. The number of nitrogens with zero attached hydrogens (tertiary/aromatic N) is 1. The van der Waals surface area contributed by atoms with E-state index >= 15 is 0 Å². The summed E-state index contributed by atoms with van der Waals surface area (Å²) in [6.45, 7) is 13.5. The number of carbonyl (C=O) groups excluding carboxylic acids is 1. The Morgan fingerprint density at radius 2 is 2.10 bits per heavy atom. The van der Waals surface area contributed by atoms with E-state index in [1.54, 1.807) is 0 Å². The van der Waals surface area contributed by atoms with Gasteiger partial charge in [-0.1, -0.05) is 12.1 Å². The number of carbonyl (C=O) groups is 1. The third-order valence-electron chi connectivity index (χ3n) is 4.40. The lowest BCUT2D eigenvalue weighted by atomic mass is 10.1. The van der Waals surface area contributed by atoms with Crippen LogP contribution < -0.4 is 20.7 Å². The summed E-state index contributed by atoms with van der Waals surface area (Å²) in [5, 5.41) is 9.21. The van der Waals surface area contributed by atoms with E-state index in [4.69, 9.17) is 9.47 Å². The van der Waals surface area contributed by atoms with Gasteiger partial charge in [0.15, 0.2) is 5.96 Å². The Balaban J connectivity index is 1.98. The number of ether oxygens (including phenoxy) is 2. The average molecular weight is 405 g/mol. The first-order valence-corrected chi connectivity index (χ1v) is 10.4. The van der Waals surface area contributed by atoms with Crippen LogP contribution in [0, 0.1) is 12.8 Å². The first-order chi connectivity index (χ1) is 13.8. The first kappa shape index (κ1) is 23.0. The summed E-state index contributed by atoms with van der Waals surface area (Å²) in [4.78, 5) is 16.7. The smallest absolute Gasteiger partial charge is 0.239 e. The maximum Gasteiger partial charge on any atom is 0.239 e. The number of aliphatic imine (C=N–C) groups is 1. The Hall–Kier alpha value is -2.28. The van der Waals surface area contributed by atoms with Gasteiger partial charge in [0.2, 0.25) is 5.91 Å². The number of nitrogens with one attached hydrogen (secondary N) is 3. The highest BCUT2D eigenvalue weighted by molar-refractivity contribution is 5.86. The highest BCUT2D eigenvalue weighted by Crippen LogP contribution is 2.23. The SMILES string of the molecule is CCNC(=NCc1ccc(C)cc1OCC1CCOC1)NCC(=O)NC(C)(C)C. The first-order valence-electron chi connectivity index (χ1n) is 10.4. The number of hydrogen-bond donors (Lipinski definition) is 3. The number of amides is 1. The molecule has 0 bridgehead atoms. The lowest BCUT2D eigenvalue weighted by Crippen LogP contribution is -2.48. The molecule has 1 aliphatic rings. The maximum atomic E-state index is 12.1. The summed E-state index contributed by atoms with van der Waals surface area (Å²) in [7, 11) is 0. The van der Waals surface area contributed by atoms with Gasteiger partial charge in [-0.3, -0.25) is 4.79 Å². The van der Waals surface area contributed by atoms with Crippen molar-refractivity contribution < 1.29 is 14.3 Å². The quantitative estimate of drug-likeness (QED) is 0.458. The normalized spacial score (nSPS) is 17.1. The molecule has 7 nitrogen and oxygen atoms in total. The minimum atomic E-state index is -0.257. The van der Waals surface area contributed by atoms with Crippen molar-refractivity contribution in [2.45, 2.75) is 53.1 Å². The fraction of sp³-hybridized carbons (Fsp3) is 0.636. The molecule has 1 amide bonds. The molecule has 1 saturated heterocycles. The third-order valence-corrected chi connectivity index (χ3v) is 4.40. The molecule has 0 radical (unpaired) electrons. The van der Waals surface area contributed by atoms with Gasteiger partial charge in [-0.15, -0.1) is 0 Å². The Kier molecular flexibility index (Phi) is 8.76. The molecule has 162 valence electrons. The van der Waals surface area contributed by atoms with E-state index in [0.717, 1.165) is 36.5 Å². The van der Waals surface area contributed by atoms with Crippen LogP contribution in [0.2, 0.25) is 0 Å². The summed E-state index contributed by atoms with van der Waals surface area (Å²) >= 11 is 0. The van der Waals surface area contributed by atoms with E-state index < -0.39 is 0 Å². The molecule has 1 fully saturated rings. The second-order valence-corrected chi connectivity index (χ2v) is 8.50. The molecule has 1 aromatic carbocycles. The van der Waals surface area contributed by atoms with E-state index in [0.29, 0.717) is 31.6 Å². The zero-order valence-corrected chi connectivity index (χ0v) is 18.4. The largest absolute Gasteiger partial charge is 0.493 e. The van der Waals surface area contributed by atoms with Crippen molar-refractivity contribution in [1.82, 2.24) is 16.0 Å². The van der Waals surface area contributed by atoms with Crippen LogP contribution >= 0.6 is 0 Å². The number of rotatable bonds is 8. The van der Waals surface area contributed by atoms with Gasteiger partial charge in [0.1, 0.15) is 5.75 Å². The maximum absolute atomic E-state index is 12.1. The standard InChI is InChI=1S/C22H36N4O3/c1-6-23-21(25-13-20(27)26-22(3,4)5)24-12-18-8-7-16(2)11-19(18)29-15-17-9-10-28-14-17/h7-8,11,17H,6,9-10,12-15H2,1-5H3,(H,26,27)(H2,23,24,25). The van der Waals surface area contributed by atoms with Crippen molar-refractivity contribution in [3.05, 3.63) is 29.3 Å². The van der Waals surface area contributed by atoms with Gasteiger partial charge in [0, 0.05) is 30.2 Å². The summed E-state index contributed by atoms with van der Waals surface area (Å²) in [6, 6.07) is 6.17. The van der Waals surface area contributed by atoms with Gasteiger partial charge in [0.05, 0.1) is 26.3 Å². The van der Waals surface area contributed by atoms with E-state index in [-0.39, 0.29) is 18.0 Å². The molecule has 1 aliphatic heterocycles. The molecule has 3 N–H and O–H groups in total. The second kappa shape index (κ2) is 11.0. The Morgan fingerprint density at radius 3 is 2.76 bits per heavy atom. The van der Waals surface area contributed by atoms with Crippen molar-refractivity contribution in [1.29, 1.82) is 0 Å². The van der Waals surface area contributed by atoms with E-state index in [2.05, 4.69) is 46.1 Å². The number of benzene rings is 1. The molecule has 0 spiro atoms. The Bertz CT molecular complexity index is 692. The molecular weight excluding hydrogens is 368 g/mol. The summed E-state index contributed by atoms with van der Waals surface area (Å²) in [6.07, 6.45) is 1.05. The van der Waals surface area contributed by atoms with Gasteiger partial charge >= 0.3 is 0 Å². The molecule has 2 rings (SSSR count). The van der Waals surface area contributed by atoms with Crippen LogP contribution in [0.25, 0.3) is 0 Å². The fourth-order valence-corrected chi connectivity index (χ4v) is 2.98. The van der Waals surface area contributed by atoms with Crippen LogP contribution in [0.1, 0.15) is 45.2 Å². The molecule has 1 unspecified atom stereocenters. The third kappa shape index (κ3) is 8.73. The fourth-order valence-electron chi connectivity index (χ4n) is 2.98. The topological polar surface area (TPSA) is 84.0 Å². The predicted octanol–water partition coefficient (Wildman–Crippen LogP) is 2.38. The van der Waals surface area contributed by atoms with Crippen molar-refractivity contribution in [3.63, 3.8) is 0 Å². The number of aryl methyl sites for hydroxylation is 1. The van der Waals surface area contributed by atoms with Gasteiger partial charge in [0.25, 0.3) is 0 Å². The summed E-state index contributed by atoms with van der Waals surface area (Å²) < 4.78 is 11.5. The monoisotopic (exact) mass is 404 g/mol. The van der Waals surface area contributed by atoms with Crippen LogP contribution in [0.5, 0.6) is 5.75 Å². The molecule has 7 heteroatoms. The molecular formula is C22H36N4O3. The van der Waals surface area contributed by atoms with Crippen LogP contribution in [-0.4, -0.2) is 50.3 Å². The summed E-state index contributed by atoms with van der Waals surface area (Å²) in [5.74, 6) is 1.85. The molecule has 0 saturated carbocycles. The highest BCUT2D eigenvalue weighted by Gasteiger charge is 2.17. The minimum Gasteiger partial charge on any atom is -0.493 e. The van der Waals surface area contributed by atoms with Crippen molar-refractivity contribution in [2.24, 2.45) is 10.9 Å². The lowest BCUT2D eigenvalue weighted by Gasteiger charge is -2.21. The van der Waals surface area contributed by atoms with Crippen molar-refractivity contribution >= 4 is 11.9 Å². The van der Waals surface area contributed by atoms with Crippen LogP contribution in [0.3, 0.4) is 0 Å². The van der Waals surface area contributed by atoms with E-state index in [1.165, 1.54) is 0 Å². The predicted molar refractivity (Wildman–Crippen MR) is 116 cm³/mol. The van der Waals surface area contributed by atoms with Crippen molar-refractivity contribution in [2.75, 3.05) is 32.9 Å². The van der Waals surface area contributed by atoms with Gasteiger partial charge in [-0.05, 0) is 52.7 Å². The molecule has 29 heavy (non-hydrogen) atoms. The Morgan fingerprint density at radius 1 is 1.31 bits per heavy atom. The molecule has 1 heterocycles. The van der Waals surface area contributed by atoms with Crippen LogP contribution in [0.15, 0.2) is 23.2 Å². The molecule has 0 aromatic heterocycles. The van der Waals surface area contributed by atoms with Crippen LogP contribution in [0.4, 0.5) is 0 Å². The van der Waals surface area contributed by atoms with Gasteiger partial charge < -0.3 is 25.4 Å². The van der Waals surface area contributed by atoms with Gasteiger partial charge in [-0.25, -0.2) is 4.99 Å². The number of guanidine groups is 1. The van der Waals surface area contributed by atoms with E-state index in [1.807, 2.05) is 27.7 Å². The highest BCUT2D eigenvalue weighted by atomic mass is 16.5. The number of hydrogen-bond acceptors (Lipinski definition) is 4. The second-order valence-electron chi connectivity index (χ2n) is 8.50. The Labute approximate surface area is 174 Å². The minimum absolute atomic E-state index is 0.0683. The molecule has 1 aromatic rings. The van der Waals surface area contributed by atoms with Crippen LogP contribution in [-0.2, 0) is 16.1 Å².